The molecule has 0 radical (unpaired) electrons. The molecule has 0 amide bonds. The molecule has 0 aliphatic carbocycles. The average molecular weight is 504 g/mol. The van der Waals surface area contributed by atoms with Crippen LogP contribution >= 0.6 is 0 Å². The fourth-order valence-electron chi connectivity index (χ4n) is 5.18. The molecule has 3 aromatic carbocycles. The first-order valence-electron chi connectivity index (χ1n) is 13.1. The molecular formula is C31H41N3O3. The quantitative estimate of drug-likeness (QED) is 0.388. The molecule has 1 aliphatic rings. The van der Waals surface area contributed by atoms with Gasteiger partial charge in [0.1, 0.15) is 0 Å². The van der Waals surface area contributed by atoms with Crippen LogP contribution < -0.4 is 9.80 Å². The van der Waals surface area contributed by atoms with Crippen molar-refractivity contribution in [2.24, 2.45) is 0 Å². The van der Waals surface area contributed by atoms with Crippen molar-refractivity contribution < 1.29 is 14.9 Å². The number of hydrogen-bond acceptors (Lipinski definition) is 6. The highest BCUT2D eigenvalue weighted by molar-refractivity contribution is 5.85. The van der Waals surface area contributed by atoms with Crippen LogP contribution in [0.1, 0.15) is 35.8 Å². The molecule has 37 heavy (non-hydrogen) atoms. The second kappa shape index (κ2) is 12.1. The van der Waals surface area contributed by atoms with Gasteiger partial charge in [-0.2, -0.15) is 0 Å². The van der Waals surface area contributed by atoms with Gasteiger partial charge in [-0.1, -0.05) is 30.3 Å². The van der Waals surface area contributed by atoms with Crippen molar-refractivity contribution in [2.45, 2.75) is 39.1 Å². The average Bonchev–Trinajstić information content (AvgIpc) is 2.90. The van der Waals surface area contributed by atoms with E-state index in [1.165, 1.54) is 22.6 Å². The van der Waals surface area contributed by atoms with Crippen LogP contribution in [0.4, 0.5) is 17.1 Å². The summed E-state index contributed by atoms with van der Waals surface area (Å²) in [6.07, 6.45) is 0.759. The lowest BCUT2D eigenvalue weighted by molar-refractivity contribution is -0.0428. The Balaban J connectivity index is 1.85. The molecule has 0 aromatic heterocycles. The van der Waals surface area contributed by atoms with Crippen LogP contribution in [0.2, 0.25) is 0 Å². The first-order chi connectivity index (χ1) is 17.8. The predicted octanol–water partition coefficient (Wildman–Crippen LogP) is 5.27. The van der Waals surface area contributed by atoms with E-state index in [0.717, 1.165) is 55.7 Å². The number of nitrogens with zero attached hydrogens (tertiary/aromatic N) is 3. The van der Waals surface area contributed by atoms with E-state index < -0.39 is 6.29 Å². The molecule has 2 N–H and O–H groups in total. The van der Waals surface area contributed by atoms with Crippen LogP contribution in [-0.2, 0) is 4.74 Å². The van der Waals surface area contributed by atoms with Gasteiger partial charge in [0.15, 0.2) is 6.29 Å². The number of para-hydroxylation sites is 1. The third-order valence-electron chi connectivity index (χ3n) is 7.43. The zero-order chi connectivity index (χ0) is 26.5. The van der Waals surface area contributed by atoms with Crippen molar-refractivity contribution in [3.63, 3.8) is 0 Å². The maximum atomic E-state index is 9.97. The number of piperidine rings is 1. The number of likely N-dealkylation sites (N-methyl/N-ethyl adjacent to an activating group) is 1. The summed E-state index contributed by atoms with van der Waals surface area (Å²) in [5, 5.41) is 19.9. The number of aryl methyl sites for hydroxylation is 2. The van der Waals surface area contributed by atoms with Gasteiger partial charge < -0.3 is 29.6 Å². The van der Waals surface area contributed by atoms with Crippen LogP contribution in [0.25, 0.3) is 11.1 Å². The number of benzene rings is 3. The number of aliphatic hydroxyl groups excluding tert-OH is 1. The maximum Gasteiger partial charge on any atom is 0.178 e. The number of hydrogen-bond donors (Lipinski definition) is 2. The van der Waals surface area contributed by atoms with E-state index in [-0.39, 0.29) is 0 Å². The first kappa shape index (κ1) is 27.1. The highest BCUT2D eigenvalue weighted by Gasteiger charge is 2.24. The lowest BCUT2D eigenvalue weighted by Gasteiger charge is -2.36. The zero-order valence-corrected chi connectivity index (χ0v) is 22.8. The second-order valence-electron chi connectivity index (χ2n) is 10.3. The monoisotopic (exact) mass is 503 g/mol. The van der Waals surface area contributed by atoms with Crippen LogP contribution in [-0.4, -0.2) is 68.6 Å². The van der Waals surface area contributed by atoms with Gasteiger partial charge in [-0.3, -0.25) is 0 Å². The Labute approximate surface area is 221 Å². The number of anilines is 3. The maximum absolute atomic E-state index is 9.97. The van der Waals surface area contributed by atoms with E-state index in [2.05, 4.69) is 84.2 Å². The number of ether oxygens (including phenoxy) is 1. The zero-order valence-electron chi connectivity index (χ0n) is 22.8. The van der Waals surface area contributed by atoms with Gasteiger partial charge in [-0.05, 0) is 87.8 Å². The summed E-state index contributed by atoms with van der Waals surface area (Å²) < 4.78 is 5.64. The van der Waals surface area contributed by atoms with Crippen molar-refractivity contribution in [3.05, 3.63) is 77.4 Å². The van der Waals surface area contributed by atoms with Gasteiger partial charge >= 0.3 is 0 Å². The summed E-state index contributed by atoms with van der Waals surface area (Å²) in [5.41, 5.74) is 8.23. The molecule has 3 aromatic rings. The van der Waals surface area contributed by atoms with Gasteiger partial charge in [0.25, 0.3) is 0 Å². The van der Waals surface area contributed by atoms with E-state index >= 15 is 0 Å². The molecule has 4 rings (SSSR count). The van der Waals surface area contributed by atoms with E-state index in [9.17, 15) is 10.2 Å². The van der Waals surface area contributed by atoms with Gasteiger partial charge in [-0.25, -0.2) is 0 Å². The Morgan fingerprint density at radius 1 is 0.919 bits per heavy atom. The summed E-state index contributed by atoms with van der Waals surface area (Å²) in [7, 11) is 6.01. The van der Waals surface area contributed by atoms with Crippen LogP contribution in [0, 0.1) is 13.8 Å². The van der Waals surface area contributed by atoms with Gasteiger partial charge in [-0.15, -0.1) is 0 Å². The molecule has 198 valence electrons. The third-order valence-corrected chi connectivity index (χ3v) is 7.43. The van der Waals surface area contributed by atoms with Crippen molar-refractivity contribution >= 4 is 17.1 Å². The lowest BCUT2D eigenvalue weighted by Crippen LogP contribution is -2.37. The smallest absolute Gasteiger partial charge is 0.178 e. The van der Waals surface area contributed by atoms with Gasteiger partial charge in [0, 0.05) is 61.5 Å². The van der Waals surface area contributed by atoms with Gasteiger partial charge in [0.05, 0.1) is 6.10 Å². The summed E-state index contributed by atoms with van der Waals surface area (Å²) in [6, 6.07) is 21.1. The normalized spacial score (nSPS) is 14.6. The number of aliphatic hydroxyl groups is 2. The van der Waals surface area contributed by atoms with Crippen molar-refractivity contribution in [2.75, 3.05) is 57.2 Å². The minimum atomic E-state index is -1.50. The first-order valence-corrected chi connectivity index (χ1v) is 13.1. The Morgan fingerprint density at radius 3 is 2.24 bits per heavy atom. The molecule has 0 spiro atoms. The predicted molar refractivity (Wildman–Crippen MR) is 153 cm³/mol. The van der Waals surface area contributed by atoms with E-state index in [0.29, 0.717) is 11.7 Å². The van der Waals surface area contributed by atoms with E-state index in [1.807, 2.05) is 19.1 Å². The van der Waals surface area contributed by atoms with E-state index in [4.69, 9.17) is 4.74 Å². The molecule has 6 heteroatoms. The summed E-state index contributed by atoms with van der Waals surface area (Å²) >= 11 is 0. The molecule has 0 atom stereocenters. The Morgan fingerprint density at radius 2 is 1.62 bits per heavy atom. The lowest BCUT2D eigenvalue weighted by atomic mass is 9.94. The molecule has 0 saturated carbocycles. The fraction of sp³-hybridized carbons (Fsp3) is 0.419. The molecule has 1 fully saturated rings. The molecule has 6 nitrogen and oxygen atoms in total. The number of methoxy groups -OCH3 is 1. The Kier molecular flexibility index (Phi) is 8.87. The van der Waals surface area contributed by atoms with Gasteiger partial charge in [0.2, 0.25) is 0 Å². The largest absolute Gasteiger partial charge is 0.381 e. The number of rotatable bonds is 9. The summed E-state index contributed by atoms with van der Waals surface area (Å²) in [6.45, 7) is 7.71. The van der Waals surface area contributed by atoms with Crippen molar-refractivity contribution in [3.8, 4) is 11.1 Å². The molecule has 0 bridgehead atoms. The van der Waals surface area contributed by atoms with Crippen molar-refractivity contribution in [1.29, 1.82) is 0 Å². The molecule has 0 unspecified atom stereocenters. The minimum Gasteiger partial charge on any atom is -0.381 e. The highest BCUT2D eigenvalue weighted by Crippen LogP contribution is 2.41. The highest BCUT2D eigenvalue weighted by atomic mass is 16.5. The Bertz CT molecular complexity index is 1170. The summed E-state index contributed by atoms with van der Waals surface area (Å²) in [4.78, 5) is 7.07. The van der Waals surface area contributed by atoms with Crippen LogP contribution in [0.3, 0.4) is 0 Å². The van der Waals surface area contributed by atoms with Crippen molar-refractivity contribution in [1.82, 2.24) is 4.90 Å². The molecular weight excluding hydrogens is 462 g/mol. The molecule has 1 saturated heterocycles. The topological polar surface area (TPSA) is 59.4 Å². The second-order valence-corrected chi connectivity index (χ2v) is 10.3. The molecule has 1 aliphatic heterocycles. The fourth-order valence-corrected chi connectivity index (χ4v) is 5.18. The Hall–Kier alpha value is -2.90. The van der Waals surface area contributed by atoms with Crippen LogP contribution in [0.5, 0.6) is 0 Å². The van der Waals surface area contributed by atoms with Crippen LogP contribution in [0.15, 0.2) is 60.7 Å². The van der Waals surface area contributed by atoms with E-state index in [1.54, 1.807) is 7.11 Å². The SMILES string of the molecule is COC1CCN(c2cc(N(CCN(C)C)c3ccccc3)c(C)cc2-c2ccc(C)c(C(O)O)c2)CC1. The third kappa shape index (κ3) is 6.33. The molecule has 1 heterocycles. The summed E-state index contributed by atoms with van der Waals surface area (Å²) in [5.74, 6) is 0. The minimum absolute atomic E-state index is 0.293. The standard InChI is InChI=1S/C31H41N3O3/c1-22-11-12-24(20-27(22)31(35)36)28-19-23(2)29(21-30(28)33-15-13-26(37-5)14-16-33)34(18-17-32(3)4)25-9-7-6-8-10-25/h6-12,19-21,26,31,35-36H,13-18H2,1-5H3.